The number of rotatable bonds is 6. The number of aromatic nitrogens is 1. The lowest BCUT2D eigenvalue weighted by Gasteiger charge is -2.29. The fourth-order valence-electron chi connectivity index (χ4n) is 11.3. The lowest BCUT2D eigenvalue weighted by Crippen LogP contribution is -2.14. The summed E-state index contributed by atoms with van der Waals surface area (Å²) in [5.74, 6) is 0. The first kappa shape index (κ1) is 38.1. The molecule has 0 radical (unpaired) electrons. The maximum absolute atomic E-state index is 7.08. The quantitative estimate of drug-likeness (QED) is 0.166. The van der Waals surface area contributed by atoms with E-state index in [9.17, 15) is 0 Å². The summed E-state index contributed by atoms with van der Waals surface area (Å²) >= 11 is 1.85. The summed E-state index contributed by atoms with van der Waals surface area (Å²) in [5.41, 5.74) is 18.2. The minimum atomic E-state index is -0.0790. The first-order valence-electron chi connectivity index (χ1n) is 23.1. The van der Waals surface area contributed by atoms with Gasteiger partial charge < -0.3 is 13.9 Å². The molecule has 0 saturated carbocycles. The van der Waals surface area contributed by atoms with Crippen molar-refractivity contribution in [2.75, 3.05) is 4.90 Å². The molecule has 316 valence electrons. The lowest BCUT2D eigenvalue weighted by molar-refractivity contribution is 0.660. The van der Waals surface area contributed by atoms with Crippen LogP contribution in [-0.4, -0.2) is 4.57 Å². The molecule has 0 aliphatic heterocycles. The SMILES string of the molecule is CC1(C)c2ccccc2-c2ccc(-c3ccc(N(c4ccc5sc6ccccc6c5c4)c4ccc5c(oc6ccccc65)c4-c4ccccc4-n4c5ccccc5c5ccccc54)cc3)cc21. The molecule has 0 fully saturated rings. The zero-order chi connectivity index (χ0) is 44.4. The van der Waals surface area contributed by atoms with E-state index in [0.29, 0.717) is 0 Å². The highest BCUT2D eigenvalue weighted by molar-refractivity contribution is 7.25. The predicted molar refractivity (Wildman–Crippen MR) is 284 cm³/mol. The van der Waals surface area contributed by atoms with Gasteiger partial charge in [0.1, 0.15) is 11.2 Å². The molecular formula is C63H42N2OS. The standard InChI is InChI=1S/C63H42N2OS/c1-63(2)52-21-9-3-15-43(52)44-33-29-40(37-53(44)63)39-27-30-41(31-28-39)64(42-32-36-60-51(38-42)48-19-8-14-26-59(48)67-60)57-35-34-49-47-18-7-13-25-58(47)66-62(49)61(57)50-20-6-12-24-56(50)65-54-22-10-4-16-45(54)46-17-5-11-23-55(46)65/h3-38H,1-2H3. The summed E-state index contributed by atoms with van der Waals surface area (Å²) in [5, 5.41) is 7.16. The largest absolute Gasteiger partial charge is 0.455 e. The molecule has 10 aromatic carbocycles. The van der Waals surface area contributed by atoms with E-state index in [2.05, 4.69) is 242 Å². The van der Waals surface area contributed by atoms with Crippen molar-refractivity contribution in [3.63, 3.8) is 0 Å². The highest BCUT2D eigenvalue weighted by Crippen LogP contribution is 2.52. The van der Waals surface area contributed by atoms with Crippen LogP contribution in [0.25, 0.3) is 103 Å². The van der Waals surface area contributed by atoms with Crippen LogP contribution in [0.15, 0.2) is 223 Å². The van der Waals surface area contributed by atoms with E-state index in [-0.39, 0.29) is 5.41 Å². The Morgan fingerprint density at radius 1 is 0.433 bits per heavy atom. The van der Waals surface area contributed by atoms with Crippen LogP contribution in [0.4, 0.5) is 17.1 Å². The number of anilines is 3. The van der Waals surface area contributed by atoms with Gasteiger partial charge in [-0.2, -0.15) is 0 Å². The summed E-state index contributed by atoms with van der Waals surface area (Å²) in [6.07, 6.45) is 0. The maximum Gasteiger partial charge on any atom is 0.145 e. The Morgan fingerprint density at radius 3 is 1.85 bits per heavy atom. The van der Waals surface area contributed by atoms with Gasteiger partial charge in [-0.3, -0.25) is 0 Å². The molecule has 0 N–H and O–H groups in total. The number of para-hydroxylation sites is 4. The summed E-state index contributed by atoms with van der Waals surface area (Å²) < 4.78 is 12.1. The molecule has 0 atom stereocenters. The van der Waals surface area contributed by atoms with Crippen LogP contribution >= 0.6 is 11.3 Å². The minimum Gasteiger partial charge on any atom is -0.455 e. The summed E-state index contributed by atoms with van der Waals surface area (Å²) in [4.78, 5) is 2.45. The third-order valence-corrected chi connectivity index (χ3v) is 15.6. The number of nitrogens with zero attached hydrogens (tertiary/aromatic N) is 2. The Morgan fingerprint density at radius 2 is 1.04 bits per heavy atom. The first-order chi connectivity index (χ1) is 33.0. The second-order valence-electron chi connectivity index (χ2n) is 18.4. The van der Waals surface area contributed by atoms with Crippen molar-refractivity contribution in [3.05, 3.63) is 230 Å². The fourth-order valence-corrected chi connectivity index (χ4v) is 12.3. The van der Waals surface area contributed by atoms with Gasteiger partial charge in [0.2, 0.25) is 0 Å². The minimum absolute atomic E-state index is 0.0790. The molecule has 14 rings (SSSR count). The highest BCUT2D eigenvalue weighted by atomic mass is 32.1. The third-order valence-electron chi connectivity index (χ3n) is 14.4. The zero-order valence-corrected chi connectivity index (χ0v) is 37.8. The second kappa shape index (κ2) is 14.4. The monoisotopic (exact) mass is 874 g/mol. The van der Waals surface area contributed by atoms with Gasteiger partial charge in [-0.1, -0.05) is 153 Å². The van der Waals surface area contributed by atoms with Crippen LogP contribution in [0.2, 0.25) is 0 Å². The van der Waals surface area contributed by atoms with Crippen LogP contribution in [-0.2, 0) is 5.41 Å². The number of benzene rings is 10. The molecular weight excluding hydrogens is 833 g/mol. The van der Waals surface area contributed by atoms with Gasteiger partial charge in [0.15, 0.2) is 0 Å². The van der Waals surface area contributed by atoms with E-state index in [1.165, 1.54) is 64.3 Å². The maximum atomic E-state index is 7.08. The number of hydrogen-bond donors (Lipinski definition) is 0. The summed E-state index contributed by atoms with van der Waals surface area (Å²) in [6, 6.07) is 80.2. The van der Waals surface area contributed by atoms with E-state index < -0.39 is 0 Å². The number of thiophene rings is 1. The van der Waals surface area contributed by atoms with Crippen LogP contribution < -0.4 is 4.90 Å². The first-order valence-corrected chi connectivity index (χ1v) is 23.9. The van der Waals surface area contributed by atoms with Crippen molar-refractivity contribution in [1.29, 1.82) is 0 Å². The molecule has 1 aliphatic carbocycles. The van der Waals surface area contributed by atoms with E-state index in [0.717, 1.165) is 66.8 Å². The molecule has 0 spiro atoms. The number of fused-ring (bicyclic) bond motifs is 12. The number of hydrogen-bond acceptors (Lipinski definition) is 3. The molecule has 0 amide bonds. The van der Waals surface area contributed by atoms with Crippen molar-refractivity contribution in [1.82, 2.24) is 4.57 Å². The van der Waals surface area contributed by atoms with Crippen LogP contribution in [0.5, 0.6) is 0 Å². The Hall–Kier alpha value is -8.18. The highest BCUT2D eigenvalue weighted by Gasteiger charge is 2.35. The van der Waals surface area contributed by atoms with E-state index in [4.69, 9.17) is 4.42 Å². The van der Waals surface area contributed by atoms with Gasteiger partial charge in [0.05, 0.1) is 28.0 Å². The molecule has 67 heavy (non-hydrogen) atoms. The molecule has 3 aromatic heterocycles. The van der Waals surface area contributed by atoms with Gasteiger partial charge in [-0.05, 0) is 112 Å². The van der Waals surface area contributed by atoms with Crippen LogP contribution in [0.1, 0.15) is 25.0 Å². The number of furan rings is 1. The Labute approximate surface area is 392 Å². The van der Waals surface area contributed by atoms with Crippen molar-refractivity contribution in [2.24, 2.45) is 0 Å². The lowest BCUT2D eigenvalue weighted by atomic mass is 9.81. The third kappa shape index (κ3) is 5.63. The smallest absolute Gasteiger partial charge is 0.145 e. The van der Waals surface area contributed by atoms with Crippen molar-refractivity contribution in [3.8, 4) is 39.1 Å². The van der Waals surface area contributed by atoms with Crippen molar-refractivity contribution < 1.29 is 4.42 Å². The molecule has 3 heterocycles. The van der Waals surface area contributed by atoms with E-state index in [1.807, 2.05) is 11.3 Å². The topological polar surface area (TPSA) is 21.3 Å². The van der Waals surface area contributed by atoms with Gasteiger partial charge in [-0.15, -0.1) is 11.3 Å². The van der Waals surface area contributed by atoms with Gasteiger partial charge in [0, 0.05) is 64.1 Å². The van der Waals surface area contributed by atoms with Gasteiger partial charge >= 0.3 is 0 Å². The van der Waals surface area contributed by atoms with Crippen molar-refractivity contribution >= 4 is 92.3 Å². The van der Waals surface area contributed by atoms with Gasteiger partial charge in [-0.25, -0.2) is 0 Å². The summed E-state index contributed by atoms with van der Waals surface area (Å²) in [6.45, 7) is 4.71. The molecule has 0 bridgehead atoms. The Balaban J connectivity index is 1.02. The molecule has 1 aliphatic rings. The molecule has 13 aromatic rings. The Kier molecular flexibility index (Phi) is 8.20. The average molecular weight is 875 g/mol. The normalized spacial score (nSPS) is 13.0. The molecule has 0 unspecified atom stereocenters. The molecule has 0 saturated heterocycles. The van der Waals surface area contributed by atoms with E-state index in [1.54, 1.807) is 0 Å². The predicted octanol–water partition coefficient (Wildman–Crippen LogP) is 18.2. The average Bonchev–Trinajstić information content (AvgIpc) is 4.11. The van der Waals surface area contributed by atoms with Crippen LogP contribution in [0.3, 0.4) is 0 Å². The summed E-state index contributed by atoms with van der Waals surface area (Å²) in [7, 11) is 0. The van der Waals surface area contributed by atoms with Crippen molar-refractivity contribution in [2.45, 2.75) is 19.3 Å². The molecule has 4 heteroatoms. The van der Waals surface area contributed by atoms with Gasteiger partial charge in [0.25, 0.3) is 0 Å². The zero-order valence-electron chi connectivity index (χ0n) is 37.0. The fraction of sp³-hybridized carbons (Fsp3) is 0.0476. The Bertz CT molecular complexity index is 4090. The second-order valence-corrected chi connectivity index (χ2v) is 19.5. The van der Waals surface area contributed by atoms with E-state index >= 15 is 0 Å². The van der Waals surface area contributed by atoms with Crippen LogP contribution in [0, 0.1) is 0 Å². The molecule has 3 nitrogen and oxygen atoms in total.